The van der Waals surface area contributed by atoms with E-state index in [0.717, 1.165) is 24.6 Å². The molecule has 70 valence electrons. The molecule has 13 heavy (non-hydrogen) atoms. The molecule has 0 atom stereocenters. The number of nitrogens with zero attached hydrogens (tertiary/aromatic N) is 3. The molecular weight excluding hydrogens is 166 g/mol. The van der Waals surface area contributed by atoms with Crippen LogP contribution in [0.3, 0.4) is 0 Å². The number of anilines is 1. The molecule has 1 aliphatic rings. The first-order valence-corrected chi connectivity index (χ1v) is 4.36. The maximum atomic E-state index is 5.18. The maximum absolute atomic E-state index is 5.18. The highest BCUT2D eigenvalue weighted by Crippen LogP contribution is 2.19. The molecule has 4 nitrogen and oxygen atoms in total. The van der Waals surface area contributed by atoms with Crippen LogP contribution in [-0.4, -0.2) is 36.3 Å². The molecule has 0 radical (unpaired) electrons. The fourth-order valence-corrected chi connectivity index (χ4v) is 1.39. The van der Waals surface area contributed by atoms with Gasteiger partial charge in [-0.2, -0.15) is 0 Å². The summed E-state index contributed by atoms with van der Waals surface area (Å²) in [5.41, 5.74) is 1.01. The van der Waals surface area contributed by atoms with Crippen LogP contribution in [-0.2, 0) is 4.74 Å². The maximum Gasteiger partial charge on any atom is 0.132 e. The number of rotatable bonds is 2. The van der Waals surface area contributed by atoms with Crippen LogP contribution < -0.4 is 4.90 Å². The smallest absolute Gasteiger partial charge is 0.132 e. The highest BCUT2D eigenvalue weighted by atomic mass is 16.5. The van der Waals surface area contributed by atoms with E-state index < -0.39 is 0 Å². The van der Waals surface area contributed by atoms with Gasteiger partial charge in [-0.15, -0.1) is 0 Å². The van der Waals surface area contributed by atoms with Crippen molar-refractivity contribution >= 4 is 5.82 Å². The Kier molecular flexibility index (Phi) is 2.14. The minimum atomic E-state index is 0.371. The lowest BCUT2D eigenvalue weighted by Gasteiger charge is -2.38. The van der Waals surface area contributed by atoms with E-state index in [2.05, 4.69) is 14.9 Å². The first-order chi connectivity index (χ1) is 6.29. The average molecular weight is 179 g/mol. The molecule has 1 aromatic rings. The second kappa shape index (κ2) is 3.30. The van der Waals surface area contributed by atoms with Gasteiger partial charge in [0.25, 0.3) is 0 Å². The van der Waals surface area contributed by atoms with Gasteiger partial charge in [0.05, 0.1) is 6.10 Å². The molecule has 0 spiro atoms. The predicted molar refractivity (Wildman–Crippen MR) is 49.8 cm³/mol. The van der Waals surface area contributed by atoms with Gasteiger partial charge in [0.1, 0.15) is 12.1 Å². The second-order valence-corrected chi connectivity index (χ2v) is 3.28. The van der Waals surface area contributed by atoms with E-state index in [0.29, 0.717) is 6.10 Å². The van der Waals surface area contributed by atoms with Gasteiger partial charge in [-0.3, -0.25) is 0 Å². The van der Waals surface area contributed by atoms with Crippen LogP contribution in [0.1, 0.15) is 5.69 Å². The monoisotopic (exact) mass is 179 g/mol. The molecule has 0 aliphatic carbocycles. The van der Waals surface area contributed by atoms with Crippen molar-refractivity contribution in [1.29, 1.82) is 0 Å². The van der Waals surface area contributed by atoms with Crippen LogP contribution >= 0.6 is 0 Å². The molecule has 1 aromatic heterocycles. The fraction of sp³-hybridized carbons (Fsp3) is 0.556. The lowest BCUT2D eigenvalue weighted by molar-refractivity contribution is 0.0783. The molecule has 1 fully saturated rings. The lowest BCUT2D eigenvalue weighted by atomic mass is 10.1. The summed E-state index contributed by atoms with van der Waals surface area (Å²) < 4.78 is 5.18. The van der Waals surface area contributed by atoms with Gasteiger partial charge in [-0.25, -0.2) is 9.97 Å². The van der Waals surface area contributed by atoms with E-state index in [4.69, 9.17) is 4.74 Å². The quantitative estimate of drug-likeness (QED) is 0.667. The van der Waals surface area contributed by atoms with Crippen LogP contribution in [0.25, 0.3) is 0 Å². The van der Waals surface area contributed by atoms with Crippen molar-refractivity contribution in [3.63, 3.8) is 0 Å². The van der Waals surface area contributed by atoms with Gasteiger partial charge in [-0.1, -0.05) is 0 Å². The zero-order valence-electron chi connectivity index (χ0n) is 7.90. The number of ether oxygens (including phenoxy) is 1. The molecule has 1 saturated heterocycles. The van der Waals surface area contributed by atoms with Crippen molar-refractivity contribution in [2.45, 2.75) is 13.0 Å². The summed E-state index contributed by atoms with van der Waals surface area (Å²) in [7, 11) is 1.74. The number of hydrogen-bond donors (Lipinski definition) is 0. The van der Waals surface area contributed by atoms with E-state index in [1.54, 1.807) is 13.4 Å². The fourth-order valence-electron chi connectivity index (χ4n) is 1.39. The Morgan fingerprint density at radius 3 is 2.85 bits per heavy atom. The first kappa shape index (κ1) is 8.44. The summed E-state index contributed by atoms with van der Waals surface area (Å²) in [6.45, 7) is 3.85. The van der Waals surface area contributed by atoms with Crippen LogP contribution in [0.2, 0.25) is 0 Å². The van der Waals surface area contributed by atoms with Crippen molar-refractivity contribution in [2.75, 3.05) is 25.1 Å². The molecule has 0 unspecified atom stereocenters. The summed E-state index contributed by atoms with van der Waals surface area (Å²) >= 11 is 0. The van der Waals surface area contributed by atoms with Crippen molar-refractivity contribution < 1.29 is 4.74 Å². The van der Waals surface area contributed by atoms with Crippen LogP contribution in [0.4, 0.5) is 5.82 Å². The molecule has 4 heteroatoms. The van der Waals surface area contributed by atoms with E-state index in [-0.39, 0.29) is 0 Å². The number of aromatic nitrogens is 2. The Morgan fingerprint density at radius 2 is 2.23 bits per heavy atom. The van der Waals surface area contributed by atoms with Gasteiger partial charge in [0.15, 0.2) is 0 Å². The van der Waals surface area contributed by atoms with Crippen LogP contribution in [0.15, 0.2) is 12.4 Å². The van der Waals surface area contributed by atoms with Gasteiger partial charge >= 0.3 is 0 Å². The Hall–Kier alpha value is -1.16. The Morgan fingerprint density at radius 1 is 1.46 bits per heavy atom. The summed E-state index contributed by atoms with van der Waals surface area (Å²) in [6, 6.07) is 1.99. The molecule has 2 rings (SSSR count). The first-order valence-electron chi connectivity index (χ1n) is 4.36. The zero-order chi connectivity index (χ0) is 9.26. The molecule has 0 saturated carbocycles. The van der Waals surface area contributed by atoms with Gasteiger partial charge in [0, 0.05) is 32.0 Å². The van der Waals surface area contributed by atoms with E-state index in [1.807, 2.05) is 13.0 Å². The molecule has 1 aliphatic heterocycles. The largest absolute Gasteiger partial charge is 0.378 e. The zero-order valence-corrected chi connectivity index (χ0v) is 7.90. The van der Waals surface area contributed by atoms with Gasteiger partial charge in [-0.05, 0) is 6.92 Å². The van der Waals surface area contributed by atoms with Gasteiger partial charge < -0.3 is 9.64 Å². The third kappa shape index (κ3) is 1.62. The average Bonchev–Trinajstić information content (AvgIpc) is 2.02. The topological polar surface area (TPSA) is 38.2 Å². The molecule has 0 N–H and O–H groups in total. The Balaban J connectivity index is 2.03. The van der Waals surface area contributed by atoms with Crippen molar-refractivity contribution in [2.24, 2.45) is 0 Å². The highest BCUT2D eigenvalue weighted by molar-refractivity contribution is 5.42. The molecule has 0 amide bonds. The van der Waals surface area contributed by atoms with Crippen molar-refractivity contribution in [3.8, 4) is 0 Å². The number of aryl methyl sites for hydroxylation is 1. The molecule has 2 heterocycles. The third-order valence-corrected chi connectivity index (χ3v) is 2.29. The summed E-state index contributed by atoms with van der Waals surface area (Å²) in [4.78, 5) is 10.4. The molecule has 0 bridgehead atoms. The van der Waals surface area contributed by atoms with E-state index in [9.17, 15) is 0 Å². The summed E-state index contributed by atoms with van der Waals surface area (Å²) in [6.07, 6.45) is 1.97. The lowest BCUT2D eigenvalue weighted by Crippen LogP contribution is -2.52. The predicted octanol–water partition coefficient (Wildman–Crippen LogP) is 0.620. The van der Waals surface area contributed by atoms with Crippen LogP contribution in [0.5, 0.6) is 0 Å². The van der Waals surface area contributed by atoms with Crippen molar-refractivity contribution in [3.05, 3.63) is 18.1 Å². The third-order valence-electron chi connectivity index (χ3n) is 2.29. The SMILES string of the molecule is COC1CN(c2cc(C)ncn2)C1. The minimum absolute atomic E-state index is 0.371. The Bertz CT molecular complexity index is 297. The normalized spacial score (nSPS) is 17.2. The second-order valence-electron chi connectivity index (χ2n) is 3.28. The standard InChI is InChI=1S/C9H13N3O/c1-7-3-9(11-6-10-7)12-4-8(5-12)13-2/h3,6,8H,4-5H2,1-2H3. The van der Waals surface area contributed by atoms with E-state index >= 15 is 0 Å². The summed E-state index contributed by atoms with van der Waals surface area (Å²) in [5.74, 6) is 1.00. The molecule has 0 aromatic carbocycles. The Labute approximate surface area is 77.6 Å². The minimum Gasteiger partial charge on any atom is -0.378 e. The van der Waals surface area contributed by atoms with Crippen molar-refractivity contribution in [1.82, 2.24) is 9.97 Å². The molecular formula is C9H13N3O. The van der Waals surface area contributed by atoms with Gasteiger partial charge in [0.2, 0.25) is 0 Å². The summed E-state index contributed by atoms with van der Waals surface area (Å²) in [5, 5.41) is 0. The number of hydrogen-bond acceptors (Lipinski definition) is 4. The van der Waals surface area contributed by atoms with E-state index in [1.165, 1.54) is 0 Å². The van der Waals surface area contributed by atoms with Crippen LogP contribution in [0, 0.1) is 6.92 Å². The highest BCUT2D eigenvalue weighted by Gasteiger charge is 2.27. The number of methoxy groups -OCH3 is 1.